The average Bonchev–Trinajstić information content (AvgIpc) is 2.93. The topological polar surface area (TPSA) is 90.2 Å². The van der Waals surface area contributed by atoms with E-state index in [-0.39, 0.29) is 12.4 Å². The number of nitrogens with two attached hydrogens (primary N) is 1. The molecule has 0 bridgehead atoms. The molecule has 0 saturated heterocycles. The van der Waals surface area contributed by atoms with Crippen LogP contribution in [0.25, 0.3) is 11.0 Å². The number of aromatic amines is 1. The van der Waals surface area contributed by atoms with Crippen LogP contribution >= 0.6 is 11.6 Å². The number of halogens is 1. The first kappa shape index (κ1) is 16.1. The van der Waals surface area contributed by atoms with E-state index < -0.39 is 0 Å². The van der Waals surface area contributed by atoms with Gasteiger partial charge in [0.05, 0.1) is 24.1 Å². The van der Waals surface area contributed by atoms with E-state index in [1.54, 1.807) is 24.3 Å². The molecule has 1 heterocycles. The molecule has 0 aliphatic rings. The first-order valence-electron chi connectivity index (χ1n) is 7.26. The van der Waals surface area contributed by atoms with Crippen LogP contribution in [0.5, 0.6) is 11.5 Å². The van der Waals surface area contributed by atoms with Crippen molar-refractivity contribution < 1.29 is 14.3 Å². The summed E-state index contributed by atoms with van der Waals surface area (Å²) < 4.78 is 10.5. The van der Waals surface area contributed by atoms with Crippen LogP contribution in [0.3, 0.4) is 0 Å². The molecule has 0 saturated carbocycles. The van der Waals surface area contributed by atoms with Gasteiger partial charge in [0.25, 0.3) is 0 Å². The van der Waals surface area contributed by atoms with Crippen LogP contribution in [-0.4, -0.2) is 23.0 Å². The lowest BCUT2D eigenvalue weighted by atomic mass is 10.1. The van der Waals surface area contributed by atoms with Gasteiger partial charge in [-0.25, -0.2) is 4.98 Å². The highest BCUT2D eigenvalue weighted by atomic mass is 35.5. The molecule has 0 atom stereocenters. The van der Waals surface area contributed by atoms with Crippen molar-refractivity contribution in [2.45, 2.75) is 13.3 Å². The predicted molar refractivity (Wildman–Crippen MR) is 92.5 cm³/mol. The number of benzene rings is 2. The van der Waals surface area contributed by atoms with E-state index in [1.807, 2.05) is 13.0 Å². The number of rotatable bonds is 4. The number of imidazole rings is 1. The number of fused-ring (bicyclic) bond motifs is 1. The molecular formula is C17H16ClN3O3. The van der Waals surface area contributed by atoms with E-state index in [9.17, 15) is 4.79 Å². The number of carbonyl (C=O) groups is 1. The molecule has 0 radical (unpaired) electrons. The Morgan fingerprint density at radius 1 is 1.29 bits per heavy atom. The molecule has 0 unspecified atom stereocenters. The number of nitrogens with one attached hydrogen (secondary N) is 1. The Morgan fingerprint density at radius 2 is 2.04 bits per heavy atom. The number of hydrogen-bond donors (Lipinski definition) is 2. The fourth-order valence-electron chi connectivity index (χ4n) is 2.38. The zero-order valence-electron chi connectivity index (χ0n) is 13.2. The van der Waals surface area contributed by atoms with Gasteiger partial charge in [0.1, 0.15) is 22.8 Å². The van der Waals surface area contributed by atoms with Crippen molar-refractivity contribution in [1.82, 2.24) is 9.97 Å². The minimum atomic E-state index is -0.330. The van der Waals surface area contributed by atoms with Crippen LogP contribution in [0.1, 0.15) is 11.4 Å². The summed E-state index contributed by atoms with van der Waals surface area (Å²) in [5.74, 6) is 1.36. The van der Waals surface area contributed by atoms with Gasteiger partial charge in [0, 0.05) is 0 Å². The Kier molecular flexibility index (Phi) is 4.31. The van der Waals surface area contributed by atoms with Gasteiger partial charge in [-0.1, -0.05) is 17.7 Å². The third kappa shape index (κ3) is 3.14. The minimum Gasteiger partial charge on any atom is -0.469 e. The Morgan fingerprint density at radius 3 is 2.75 bits per heavy atom. The summed E-state index contributed by atoms with van der Waals surface area (Å²) in [6.45, 7) is 1.86. The second-order valence-electron chi connectivity index (χ2n) is 5.32. The monoisotopic (exact) mass is 345 g/mol. The van der Waals surface area contributed by atoms with Crippen LogP contribution in [-0.2, 0) is 16.0 Å². The van der Waals surface area contributed by atoms with E-state index in [0.29, 0.717) is 27.7 Å². The quantitative estimate of drug-likeness (QED) is 0.556. The molecule has 0 aliphatic heterocycles. The van der Waals surface area contributed by atoms with Gasteiger partial charge in [-0.2, -0.15) is 0 Å². The number of H-pyrrole nitrogens is 1. The first-order valence-corrected chi connectivity index (χ1v) is 7.63. The first-order chi connectivity index (χ1) is 11.5. The SMILES string of the molecule is COC(=O)Cc1ccc(Oc2ccc3[nH]c(C)nc3c2N)c(Cl)c1. The maximum Gasteiger partial charge on any atom is 0.309 e. The van der Waals surface area contributed by atoms with Crippen molar-refractivity contribution >= 4 is 34.3 Å². The molecule has 7 heteroatoms. The van der Waals surface area contributed by atoms with Crippen LogP contribution in [0, 0.1) is 6.92 Å². The molecule has 124 valence electrons. The Bertz CT molecular complexity index is 921. The van der Waals surface area contributed by atoms with Gasteiger partial charge in [0.15, 0.2) is 5.75 Å². The third-order valence-corrected chi connectivity index (χ3v) is 3.86. The van der Waals surface area contributed by atoms with E-state index in [1.165, 1.54) is 7.11 Å². The number of carbonyl (C=O) groups excluding carboxylic acids is 1. The van der Waals surface area contributed by atoms with Gasteiger partial charge in [-0.3, -0.25) is 4.79 Å². The van der Waals surface area contributed by atoms with Crippen LogP contribution < -0.4 is 10.5 Å². The van der Waals surface area contributed by atoms with Gasteiger partial charge in [0.2, 0.25) is 0 Å². The molecule has 3 rings (SSSR count). The second kappa shape index (κ2) is 6.41. The molecule has 24 heavy (non-hydrogen) atoms. The largest absolute Gasteiger partial charge is 0.469 e. The van der Waals surface area contributed by atoms with Crippen molar-refractivity contribution in [2.24, 2.45) is 0 Å². The van der Waals surface area contributed by atoms with Gasteiger partial charge >= 0.3 is 5.97 Å². The second-order valence-corrected chi connectivity index (χ2v) is 5.72. The summed E-state index contributed by atoms with van der Waals surface area (Å²) in [7, 11) is 1.34. The fourth-order valence-corrected chi connectivity index (χ4v) is 2.63. The van der Waals surface area contributed by atoms with Crippen molar-refractivity contribution in [3.63, 3.8) is 0 Å². The van der Waals surface area contributed by atoms with Crippen molar-refractivity contribution in [2.75, 3.05) is 12.8 Å². The zero-order chi connectivity index (χ0) is 17.3. The number of nitrogen functional groups attached to an aromatic ring is 1. The van der Waals surface area contributed by atoms with Crippen LogP contribution in [0.4, 0.5) is 5.69 Å². The van der Waals surface area contributed by atoms with Crippen molar-refractivity contribution in [3.8, 4) is 11.5 Å². The fraction of sp³-hybridized carbons (Fsp3) is 0.176. The molecule has 2 aromatic carbocycles. The van der Waals surface area contributed by atoms with E-state index in [2.05, 4.69) is 14.7 Å². The molecule has 0 fully saturated rings. The Balaban J connectivity index is 1.88. The minimum absolute atomic E-state index is 0.150. The molecule has 0 amide bonds. The molecule has 0 spiro atoms. The Labute approximate surface area is 143 Å². The van der Waals surface area contributed by atoms with Crippen molar-refractivity contribution in [1.29, 1.82) is 0 Å². The lowest BCUT2D eigenvalue weighted by Crippen LogP contribution is -2.04. The maximum absolute atomic E-state index is 11.3. The number of aryl methyl sites for hydroxylation is 1. The summed E-state index contributed by atoms with van der Waals surface area (Å²) in [6.07, 6.45) is 0.150. The maximum atomic E-state index is 11.3. The van der Waals surface area contributed by atoms with Crippen LogP contribution in [0.2, 0.25) is 5.02 Å². The number of hydrogen-bond acceptors (Lipinski definition) is 5. The molecule has 6 nitrogen and oxygen atoms in total. The number of ether oxygens (including phenoxy) is 2. The highest BCUT2D eigenvalue weighted by Crippen LogP contribution is 2.36. The van der Waals surface area contributed by atoms with Crippen molar-refractivity contribution in [3.05, 3.63) is 46.7 Å². The summed E-state index contributed by atoms with van der Waals surface area (Å²) in [5, 5.41) is 0.383. The summed E-state index contributed by atoms with van der Waals surface area (Å²) in [6, 6.07) is 8.72. The van der Waals surface area contributed by atoms with E-state index in [0.717, 1.165) is 16.9 Å². The van der Waals surface area contributed by atoms with Gasteiger partial charge in [-0.15, -0.1) is 0 Å². The lowest BCUT2D eigenvalue weighted by Gasteiger charge is -2.11. The summed E-state index contributed by atoms with van der Waals surface area (Å²) in [4.78, 5) is 18.8. The number of anilines is 1. The Hall–Kier alpha value is -2.73. The smallest absolute Gasteiger partial charge is 0.309 e. The van der Waals surface area contributed by atoms with Gasteiger partial charge in [-0.05, 0) is 36.8 Å². The number of aromatic nitrogens is 2. The van der Waals surface area contributed by atoms with Gasteiger partial charge < -0.3 is 20.2 Å². The molecule has 1 aromatic heterocycles. The van der Waals surface area contributed by atoms with E-state index in [4.69, 9.17) is 22.1 Å². The highest BCUT2D eigenvalue weighted by molar-refractivity contribution is 6.32. The van der Waals surface area contributed by atoms with E-state index >= 15 is 0 Å². The predicted octanol–water partition coefficient (Wildman–Crippen LogP) is 3.61. The molecule has 3 aromatic rings. The molecule has 3 N–H and O–H groups in total. The molecule has 0 aliphatic carbocycles. The lowest BCUT2D eigenvalue weighted by molar-refractivity contribution is -0.139. The zero-order valence-corrected chi connectivity index (χ0v) is 14.0. The highest BCUT2D eigenvalue weighted by Gasteiger charge is 2.13. The average molecular weight is 346 g/mol. The third-order valence-electron chi connectivity index (χ3n) is 3.56. The number of esters is 1. The molecular weight excluding hydrogens is 330 g/mol. The van der Waals surface area contributed by atoms with Crippen LogP contribution in [0.15, 0.2) is 30.3 Å². The number of methoxy groups -OCH3 is 1. The standard InChI is InChI=1S/C17H16ClN3O3/c1-9-20-12-4-6-14(16(19)17(12)21-9)24-13-5-3-10(7-11(13)18)8-15(22)23-2/h3-7H,8,19H2,1-2H3,(H,20,21). The summed E-state index contributed by atoms with van der Waals surface area (Å²) >= 11 is 6.24. The number of nitrogens with zero attached hydrogens (tertiary/aromatic N) is 1. The summed E-state index contributed by atoms with van der Waals surface area (Å²) in [5.41, 5.74) is 8.81. The normalized spacial score (nSPS) is 10.8.